The second-order valence-corrected chi connectivity index (χ2v) is 6.38. The van der Waals surface area contributed by atoms with E-state index in [-0.39, 0.29) is 17.7 Å². The van der Waals surface area contributed by atoms with Gasteiger partial charge < -0.3 is 0 Å². The molecule has 3 aliphatic rings. The van der Waals surface area contributed by atoms with Crippen molar-refractivity contribution < 1.29 is 24.0 Å². The van der Waals surface area contributed by atoms with Crippen molar-refractivity contribution in [3.8, 4) is 0 Å². The Labute approximate surface area is 134 Å². The molecule has 0 aromatic rings. The van der Waals surface area contributed by atoms with Crippen LogP contribution in [0.4, 0.5) is 0 Å². The maximum Gasteiger partial charge on any atom is 0.277 e. The molecule has 2 fully saturated rings. The molecule has 124 valence electrons. The van der Waals surface area contributed by atoms with Crippen molar-refractivity contribution in [1.82, 2.24) is 9.96 Å². The van der Waals surface area contributed by atoms with Crippen molar-refractivity contribution in [3.63, 3.8) is 0 Å². The molecule has 1 saturated carbocycles. The number of carbonyl (C=O) groups excluding carboxylic acids is 4. The number of likely N-dealkylation sites (tertiary alicyclic amines) is 1. The third kappa shape index (κ3) is 3.50. The molecule has 1 aliphatic carbocycles. The smallest absolute Gasteiger partial charge is 0.277 e. The summed E-state index contributed by atoms with van der Waals surface area (Å²) in [6.07, 6.45) is 6.74. The molecule has 3 rings (SSSR count). The molecule has 2 heterocycles. The van der Waals surface area contributed by atoms with Crippen LogP contribution in [-0.2, 0) is 24.0 Å². The highest BCUT2D eigenvalue weighted by Gasteiger charge is 2.33. The van der Waals surface area contributed by atoms with Crippen molar-refractivity contribution in [2.75, 3.05) is 13.2 Å². The lowest BCUT2D eigenvalue weighted by Gasteiger charge is -2.30. The van der Waals surface area contributed by atoms with Crippen LogP contribution >= 0.6 is 0 Å². The van der Waals surface area contributed by atoms with Gasteiger partial charge >= 0.3 is 0 Å². The SMILES string of the molecule is O=C1CCC(=O)N1CC1CCC(CON2C(=O)C=CC2=O)CC1. The quantitative estimate of drug-likeness (QED) is 0.700. The molecular formula is C16H20N2O5. The van der Waals surface area contributed by atoms with Gasteiger partial charge in [0, 0.05) is 31.5 Å². The van der Waals surface area contributed by atoms with Gasteiger partial charge in [-0.3, -0.25) is 28.9 Å². The summed E-state index contributed by atoms with van der Waals surface area (Å²) < 4.78 is 0. The van der Waals surface area contributed by atoms with Crippen LogP contribution in [0.1, 0.15) is 38.5 Å². The Morgan fingerprint density at radius 3 is 1.96 bits per heavy atom. The van der Waals surface area contributed by atoms with Crippen LogP contribution in [0, 0.1) is 11.8 Å². The van der Waals surface area contributed by atoms with Gasteiger partial charge in [-0.2, -0.15) is 0 Å². The summed E-state index contributed by atoms with van der Waals surface area (Å²) in [5.74, 6) is -0.353. The lowest BCUT2D eigenvalue weighted by Crippen LogP contribution is -2.36. The minimum Gasteiger partial charge on any atom is -0.282 e. The molecule has 0 atom stereocenters. The lowest BCUT2D eigenvalue weighted by atomic mass is 9.82. The summed E-state index contributed by atoms with van der Waals surface area (Å²) in [4.78, 5) is 52.8. The number of imide groups is 2. The van der Waals surface area contributed by atoms with Crippen LogP contribution in [0.5, 0.6) is 0 Å². The Bertz CT molecular complexity index is 529. The second kappa shape index (κ2) is 6.62. The van der Waals surface area contributed by atoms with Crippen molar-refractivity contribution >= 4 is 23.6 Å². The Morgan fingerprint density at radius 2 is 1.39 bits per heavy atom. The molecule has 7 nitrogen and oxygen atoms in total. The van der Waals surface area contributed by atoms with Gasteiger partial charge in [-0.1, -0.05) is 0 Å². The summed E-state index contributed by atoms with van der Waals surface area (Å²) in [6, 6.07) is 0. The van der Waals surface area contributed by atoms with Gasteiger partial charge in [0.25, 0.3) is 11.8 Å². The van der Waals surface area contributed by atoms with E-state index >= 15 is 0 Å². The van der Waals surface area contributed by atoms with Gasteiger partial charge in [-0.15, -0.1) is 5.06 Å². The third-order valence-corrected chi connectivity index (χ3v) is 4.77. The third-order valence-electron chi connectivity index (χ3n) is 4.77. The number of rotatable bonds is 5. The van der Waals surface area contributed by atoms with E-state index in [2.05, 4.69) is 0 Å². The Balaban J connectivity index is 1.40. The molecule has 7 heteroatoms. The van der Waals surface area contributed by atoms with E-state index < -0.39 is 11.8 Å². The highest BCUT2D eigenvalue weighted by atomic mass is 16.7. The van der Waals surface area contributed by atoms with Crippen molar-refractivity contribution in [2.24, 2.45) is 11.8 Å². The highest BCUT2D eigenvalue weighted by Crippen LogP contribution is 2.31. The molecule has 0 N–H and O–H groups in total. The van der Waals surface area contributed by atoms with Gasteiger partial charge in [0.05, 0.1) is 6.61 Å². The normalized spacial score (nSPS) is 28.3. The van der Waals surface area contributed by atoms with Crippen LogP contribution in [0.15, 0.2) is 12.2 Å². The lowest BCUT2D eigenvalue weighted by molar-refractivity contribution is -0.189. The second-order valence-electron chi connectivity index (χ2n) is 6.38. The largest absolute Gasteiger partial charge is 0.282 e. The topological polar surface area (TPSA) is 84.0 Å². The van der Waals surface area contributed by atoms with E-state index in [0.717, 1.165) is 30.7 Å². The number of nitrogens with zero attached hydrogens (tertiary/aromatic N) is 2. The number of hydrogen-bond donors (Lipinski definition) is 0. The summed E-state index contributed by atoms with van der Waals surface area (Å²) >= 11 is 0. The van der Waals surface area contributed by atoms with Crippen molar-refractivity contribution in [1.29, 1.82) is 0 Å². The molecule has 0 unspecified atom stereocenters. The minimum absolute atomic E-state index is 0.0565. The van der Waals surface area contributed by atoms with E-state index in [1.54, 1.807) is 0 Å². The fraction of sp³-hybridized carbons (Fsp3) is 0.625. The molecule has 2 aliphatic heterocycles. The van der Waals surface area contributed by atoms with Crippen molar-refractivity contribution in [3.05, 3.63) is 12.2 Å². The maximum absolute atomic E-state index is 11.6. The molecule has 0 aromatic carbocycles. The molecule has 4 amide bonds. The van der Waals surface area contributed by atoms with Crippen LogP contribution < -0.4 is 0 Å². The summed E-state index contributed by atoms with van der Waals surface area (Å²) in [5, 5.41) is 0.799. The molecular weight excluding hydrogens is 300 g/mol. The molecule has 1 saturated heterocycles. The van der Waals surface area contributed by atoms with Crippen LogP contribution in [0.25, 0.3) is 0 Å². The van der Waals surface area contributed by atoms with Gasteiger partial charge in [0.15, 0.2) is 0 Å². The van der Waals surface area contributed by atoms with Gasteiger partial charge in [-0.05, 0) is 37.5 Å². The van der Waals surface area contributed by atoms with Gasteiger partial charge in [-0.25, -0.2) is 0 Å². The molecule has 0 spiro atoms. The average molecular weight is 320 g/mol. The predicted molar refractivity (Wildman–Crippen MR) is 78.3 cm³/mol. The zero-order valence-corrected chi connectivity index (χ0v) is 12.9. The van der Waals surface area contributed by atoms with E-state index in [4.69, 9.17) is 4.84 Å². The van der Waals surface area contributed by atoms with E-state index in [0.29, 0.717) is 31.9 Å². The molecule has 0 aromatic heterocycles. The maximum atomic E-state index is 11.6. The first-order chi connectivity index (χ1) is 11.0. The molecule has 23 heavy (non-hydrogen) atoms. The fourth-order valence-electron chi connectivity index (χ4n) is 3.36. The van der Waals surface area contributed by atoms with Crippen LogP contribution in [0.3, 0.4) is 0 Å². The fourth-order valence-corrected chi connectivity index (χ4v) is 3.36. The number of hydroxylamine groups is 2. The Hall–Kier alpha value is -2.02. The first-order valence-corrected chi connectivity index (χ1v) is 8.07. The monoisotopic (exact) mass is 320 g/mol. The molecule has 0 bridgehead atoms. The highest BCUT2D eigenvalue weighted by molar-refractivity contribution is 6.11. The zero-order valence-electron chi connectivity index (χ0n) is 12.9. The van der Waals surface area contributed by atoms with Gasteiger partial charge in [0.1, 0.15) is 0 Å². The Kier molecular flexibility index (Phi) is 4.56. The van der Waals surface area contributed by atoms with E-state index in [9.17, 15) is 19.2 Å². The minimum atomic E-state index is -0.435. The zero-order chi connectivity index (χ0) is 16.4. The van der Waals surface area contributed by atoms with Gasteiger partial charge in [0.2, 0.25) is 11.8 Å². The van der Waals surface area contributed by atoms with Crippen molar-refractivity contribution in [2.45, 2.75) is 38.5 Å². The van der Waals surface area contributed by atoms with Crippen LogP contribution in [-0.4, -0.2) is 46.7 Å². The first kappa shape index (κ1) is 15.9. The first-order valence-electron chi connectivity index (χ1n) is 8.07. The predicted octanol–water partition coefficient (Wildman–Crippen LogP) is 0.798. The summed E-state index contributed by atoms with van der Waals surface area (Å²) in [7, 11) is 0. The Morgan fingerprint density at radius 1 is 0.870 bits per heavy atom. The number of carbonyl (C=O) groups is 4. The van der Waals surface area contributed by atoms with Crippen LogP contribution in [0.2, 0.25) is 0 Å². The molecule has 0 radical (unpaired) electrons. The summed E-state index contributed by atoms with van der Waals surface area (Å²) in [6.45, 7) is 0.867. The average Bonchev–Trinajstić information content (AvgIpc) is 3.03. The summed E-state index contributed by atoms with van der Waals surface area (Å²) in [5.41, 5.74) is 0. The van der Waals surface area contributed by atoms with E-state index in [1.807, 2.05) is 0 Å². The standard InChI is InChI=1S/C16H20N2O5/c19-13-5-6-14(20)17(13)9-11-1-3-12(4-2-11)10-23-18-15(21)7-8-16(18)22/h7-8,11-12H,1-6,9-10H2. The van der Waals surface area contributed by atoms with E-state index in [1.165, 1.54) is 17.1 Å². The number of hydrogen-bond acceptors (Lipinski definition) is 5. The number of amides is 4.